The predicted octanol–water partition coefficient (Wildman–Crippen LogP) is 4.14. The minimum absolute atomic E-state index is 0.354. The molecule has 0 aliphatic heterocycles. The van der Waals surface area contributed by atoms with Crippen LogP contribution in [0.5, 0.6) is 5.75 Å². The summed E-state index contributed by atoms with van der Waals surface area (Å²) in [6.07, 6.45) is 1.69. The van der Waals surface area contributed by atoms with Gasteiger partial charge in [0.1, 0.15) is 11.3 Å². The average molecular weight is 288 g/mol. The molecule has 0 spiro atoms. The molecule has 3 aromatic rings. The molecule has 0 aliphatic carbocycles. The van der Waals surface area contributed by atoms with Gasteiger partial charge in [-0.3, -0.25) is 0 Å². The molecule has 1 atom stereocenters. The van der Waals surface area contributed by atoms with Crippen molar-refractivity contribution in [3.05, 3.63) is 64.9 Å². The fourth-order valence-corrected chi connectivity index (χ4v) is 2.54. The molecule has 1 aromatic heterocycles. The smallest absolute Gasteiger partial charge is 0.134 e. The third-order valence-corrected chi connectivity index (χ3v) is 3.61. The molecule has 0 fully saturated rings. The topological polar surface area (TPSA) is 48.4 Å². The van der Waals surface area contributed by atoms with Crippen LogP contribution in [0.3, 0.4) is 0 Å². The number of methoxy groups -OCH3 is 1. The van der Waals surface area contributed by atoms with Crippen LogP contribution in [0.1, 0.15) is 17.2 Å². The highest BCUT2D eigenvalue weighted by Crippen LogP contribution is 2.34. The van der Waals surface area contributed by atoms with E-state index in [-0.39, 0.29) is 6.04 Å². The Hall–Kier alpha value is -1.97. The van der Waals surface area contributed by atoms with Crippen LogP contribution >= 0.6 is 11.6 Å². The summed E-state index contributed by atoms with van der Waals surface area (Å²) in [4.78, 5) is 0. The molecule has 0 amide bonds. The van der Waals surface area contributed by atoms with Crippen molar-refractivity contribution in [1.29, 1.82) is 0 Å². The fourth-order valence-electron chi connectivity index (χ4n) is 2.35. The van der Waals surface area contributed by atoms with E-state index in [1.54, 1.807) is 19.4 Å². The fraction of sp³-hybridized carbons (Fsp3) is 0.125. The molecule has 0 saturated carbocycles. The Bertz CT molecular complexity index is 751. The molecule has 0 radical (unpaired) electrons. The monoisotopic (exact) mass is 287 g/mol. The largest absolute Gasteiger partial charge is 0.496 e. The first kappa shape index (κ1) is 13.0. The lowest BCUT2D eigenvalue weighted by Crippen LogP contribution is -2.12. The number of halogens is 1. The molecule has 0 saturated heterocycles. The number of para-hydroxylation sites is 1. The first-order valence-corrected chi connectivity index (χ1v) is 6.63. The Morgan fingerprint density at radius 1 is 1.15 bits per heavy atom. The van der Waals surface area contributed by atoms with Crippen LogP contribution in [-0.4, -0.2) is 7.11 Å². The van der Waals surface area contributed by atoms with E-state index >= 15 is 0 Å². The average Bonchev–Trinajstić information content (AvgIpc) is 2.90. The van der Waals surface area contributed by atoms with Crippen molar-refractivity contribution in [3.63, 3.8) is 0 Å². The van der Waals surface area contributed by atoms with E-state index in [1.165, 1.54) is 0 Å². The van der Waals surface area contributed by atoms with E-state index in [0.29, 0.717) is 10.8 Å². The predicted molar refractivity (Wildman–Crippen MR) is 80.2 cm³/mol. The molecule has 20 heavy (non-hydrogen) atoms. The molecular weight excluding hydrogens is 274 g/mol. The number of hydrogen-bond acceptors (Lipinski definition) is 3. The first-order valence-electron chi connectivity index (χ1n) is 6.26. The lowest BCUT2D eigenvalue weighted by molar-refractivity contribution is 0.408. The summed E-state index contributed by atoms with van der Waals surface area (Å²) in [5.41, 5.74) is 8.95. The van der Waals surface area contributed by atoms with Crippen molar-refractivity contribution in [1.82, 2.24) is 0 Å². The number of benzene rings is 2. The highest BCUT2D eigenvalue weighted by molar-refractivity contribution is 6.30. The second kappa shape index (κ2) is 5.19. The molecule has 4 heteroatoms. The molecule has 1 unspecified atom stereocenters. The summed E-state index contributed by atoms with van der Waals surface area (Å²) in [7, 11) is 1.62. The first-order chi connectivity index (χ1) is 9.70. The van der Waals surface area contributed by atoms with Gasteiger partial charge in [-0.2, -0.15) is 0 Å². The lowest BCUT2D eigenvalue weighted by Gasteiger charge is -2.15. The van der Waals surface area contributed by atoms with Crippen molar-refractivity contribution < 1.29 is 9.15 Å². The zero-order valence-electron chi connectivity index (χ0n) is 11.0. The van der Waals surface area contributed by atoms with Gasteiger partial charge in [-0.05, 0) is 24.3 Å². The van der Waals surface area contributed by atoms with E-state index < -0.39 is 0 Å². The highest BCUT2D eigenvalue weighted by atomic mass is 35.5. The number of nitrogens with two attached hydrogens (primary N) is 1. The van der Waals surface area contributed by atoms with Gasteiger partial charge in [0.15, 0.2) is 0 Å². The molecule has 1 heterocycles. The van der Waals surface area contributed by atoms with Crippen LogP contribution in [0.15, 0.2) is 53.1 Å². The van der Waals surface area contributed by atoms with Crippen LogP contribution in [0, 0.1) is 0 Å². The summed E-state index contributed by atoms with van der Waals surface area (Å²) in [5.74, 6) is 0.715. The van der Waals surface area contributed by atoms with Crippen LogP contribution in [0.4, 0.5) is 0 Å². The zero-order valence-corrected chi connectivity index (χ0v) is 11.7. The maximum Gasteiger partial charge on any atom is 0.134 e. The number of hydrogen-bond donors (Lipinski definition) is 1. The van der Waals surface area contributed by atoms with Crippen LogP contribution in [0.25, 0.3) is 11.0 Å². The second-order valence-electron chi connectivity index (χ2n) is 4.55. The summed E-state index contributed by atoms with van der Waals surface area (Å²) in [6, 6.07) is 12.9. The maximum atomic E-state index is 6.37. The van der Waals surface area contributed by atoms with Gasteiger partial charge in [0.25, 0.3) is 0 Å². The van der Waals surface area contributed by atoms with Gasteiger partial charge in [-0.1, -0.05) is 29.8 Å². The van der Waals surface area contributed by atoms with Gasteiger partial charge in [0.2, 0.25) is 0 Å². The standard InChI is InChI=1S/C16H14ClNO2/c1-19-14-7-6-10(17)8-12(14)16(18)13-9-20-15-5-3-2-4-11(13)15/h2-9,16H,18H2,1H3. The van der Waals surface area contributed by atoms with E-state index in [2.05, 4.69) is 0 Å². The summed E-state index contributed by atoms with van der Waals surface area (Å²) < 4.78 is 10.9. The molecule has 2 aromatic carbocycles. The Labute approximate surface area is 121 Å². The molecule has 0 bridgehead atoms. The number of ether oxygens (including phenoxy) is 1. The van der Waals surface area contributed by atoms with E-state index in [0.717, 1.165) is 22.1 Å². The van der Waals surface area contributed by atoms with E-state index in [4.69, 9.17) is 26.5 Å². The Kier molecular flexibility index (Phi) is 3.38. The SMILES string of the molecule is COc1ccc(Cl)cc1C(N)c1coc2ccccc12. The Morgan fingerprint density at radius 2 is 1.95 bits per heavy atom. The molecule has 102 valence electrons. The molecule has 2 N–H and O–H groups in total. The van der Waals surface area contributed by atoms with Gasteiger partial charge in [0, 0.05) is 21.5 Å². The number of rotatable bonds is 3. The van der Waals surface area contributed by atoms with Crippen molar-refractivity contribution in [3.8, 4) is 5.75 Å². The van der Waals surface area contributed by atoms with Crippen LogP contribution < -0.4 is 10.5 Å². The van der Waals surface area contributed by atoms with Gasteiger partial charge < -0.3 is 14.9 Å². The van der Waals surface area contributed by atoms with Crippen LogP contribution in [0.2, 0.25) is 5.02 Å². The number of furan rings is 1. The summed E-state index contributed by atoms with van der Waals surface area (Å²) in [5, 5.41) is 1.63. The third-order valence-electron chi connectivity index (χ3n) is 3.37. The Morgan fingerprint density at radius 3 is 2.75 bits per heavy atom. The highest BCUT2D eigenvalue weighted by Gasteiger charge is 2.18. The van der Waals surface area contributed by atoms with E-state index in [1.807, 2.05) is 36.4 Å². The minimum atomic E-state index is -0.354. The molecule has 0 aliphatic rings. The van der Waals surface area contributed by atoms with Crippen molar-refractivity contribution in [2.75, 3.05) is 7.11 Å². The summed E-state index contributed by atoms with van der Waals surface area (Å²) in [6.45, 7) is 0. The van der Waals surface area contributed by atoms with Gasteiger partial charge in [-0.15, -0.1) is 0 Å². The molecular formula is C16H14ClNO2. The molecule has 3 rings (SSSR count). The van der Waals surface area contributed by atoms with E-state index in [9.17, 15) is 0 Å². The Balaban J connectivity index is 2.13. The van der Waals surface area contributed by atoms with Gasteiger partial charge >= 0.3 is 0 Å². The summed E-state index contributed by atoms with van der Waals surface area (Å²) >= 11 is 6.06. The third kappa shape index (κ3) is 2.15. The lowest BCUT2D eigenvalue weighted by atomic mass is 9.98. The van der Waals surface area contributed by atoms with Gasteiger partial charge in [-0.25, -0.2) is 0 Å². The minimum Gasteiger partial charge on any atom is -0.496 e. The zero-order chi connectivity index (χ0) is 14.1. The van der Waals surface area contributed by atoms with Gasteiger partial charge in [0.05, 0.1) is 19.4 Å². The van der Waals surface area contributed by atoms with Crippen molar-refractivity contribution >= 4 is 22.6 Å². The maximum absolute atomic E-state index is 6.37. The number of fused-ring (bicyclic) bond motifs is 1. The van der Waals surface area contributed by atoms with Crippen molar-refractivity contribution in [2.45, 2.75) is 6.04 Å². The normalized spacial score (nSPS) is 12.6. The second-order valence-corrected chi connectivity index (χ2v) is 4.99. The van der Waals surface area contributed by atoms with Crippen molar-refractivity contribution in [2.24, 2.45) is 5.73 Å². The quantitative estimate of drug-likeness (QED) is 0.787. The van der Waals surface area contributed by atoms with Crippen LogP contribution in [-0.2, 0) is 0 Å². The molecule has 3 nitrogen and oxygen atoms in total.